The van der Waals surface area contributed by atoms with Crippen molar-refractivity contribution in [2.24, 2.45) is 0 Å². The van der Waals surface area contributed by atoms with E-state index in [-0.39, 0.29) is 6.04 Å². The first kappa shape index (κ1) is 17.3. The van der Waals surface area contributed by atoms with Gasteiger partial charge in [-0.15, -0.1) is 0 Å². The molecule has 130 valence electrons. The van der Waals surface area contributed by atoms with Crippen LogP contribution in [0.2, 0.25) is 0 Å². The summed E-state index contributed by atoms with van der Waals surface area (Å²) in [7, 11) is 0. The first-order chi connectivity index (χ1) is 12.5. The maximum absolute atomic E-state index is 9.04. The third-order valence-corrected chi connectivity index (χ3v) is 3.43. The van der Waals surface area contributed by atoms with Gasteiger partial charge in [0.1, 0.15) is 23.1 Å². The molecule has 0 atom stereocenters. The van der Waals surface area contributed by atoms with Gasteiger partial charge in [-0.25, -0.2) is 19.9 Å². The van der Waals surface area contributed by atoms with Gasteiger partial charge >= 0.3 is 0 Å². The third-order valence-electron chi connectivity index (χ3n) is 3.43. The lowest BCUT2D eigenvalue weighted by molar-refractivity contribution is 0.887. The Morgan fingerprint density at radius 1 is 1.00 bits per heavy atom. The molecular weight excluding hydrogens is 326 g/mol. The van der Waals surface area contributed by atoms with Gasteiger partial charge in [0.15, 0.2) is 5.82 Å². The lowest BCUT2D eigenvalue weighted by atomic mass is 10.3. The highest BCUT2D eigenvalue weighted by Gasteiger charge is 2.10. The lowest BCUT2D eigenvalue weighted by Gasteiger charge is -2.13. The summed E-state index contributed by atoms with van der Waals surface area (Å²) < 4.78 is 0. The van der Waals surface area contributed by atoms with Crippen molar-refractivity contribution in [3.8, 4) is 17.6 Å². The minimum atomic E-state index is 0.219. The summed E-state index contributed by atoms with van der Waals surface area (Å²) in [5.41, 5.74) is 2.11. The molecule has 3 rings (SSSR count). The van der Waals surface area contributed by atoms with Gasteiger partial charge in [-0.05, 0) is 45.0 Å². The molecule has 26 heavy (non-hydrogen) atoms. The average Bonchev–Trinajstić information content (AvgIpc) is 2.61. The number of hydrogen-bond donors (Lipinski definition) is 2. The number of nitrogens with zero attached hydrogens (tertiary/aromatic N) is 5. The van der Waals surface area contributed by atoms with Crippen LogP contribution < -0.4 is 10.6 Å². The van der Waals surface area contributed by atoms with E-state index in [1.807, 2.05) is 39.0 Å². The van der Waals surface area contributed by atoms with Gasteiger partial charge in [-0.3, -0.25) is 0 Å². The Hall–Kier alpha value is -3.53. The van der Waals surface area contributed by atoms with E-state index in [0.29, 0.717) is 34.5 Å². The van der Waals surface area contributed by atoms with Crippen molar-refractivity contribution >= 4 is 17.5 Å². The van der Waals surface area contributed by atoms with E-state index in [0.717, 1.165) is 5.69 Å². The fourth-order valence-electron chi connectivity index (χ4n) is 2.36. The van der Waals surface area contributed by atoms with Crippen molar-refractivity contribution in [3.05, 3.63) is 53.9 Å². The highest BCUT2D eigenvalue weighted by molar-refractivity contribution is 5.62. The van der Waals surface area contributed by atoms with E-state index in [4.69, 9.17) is 5.26 Å². The SMILES string of the molecule is Cc1cccc(-c2nc(Nc3cc(C#N)ccn3)cc(NC(C)C)n2)n1. The zero-order valence-corrected chi connectivity index (χ0v) is 14.9. The fourth-order valence-corrected chi connectivity index (χ4v) is 2.36. The summed E-state index contributed by atoms with van der Waals surface area (Å²) in [4.78, 5) is 17.8. The van der Waals surface area contributed by atoms with E-state index in [9.17, 15) is 0 Å². The number of pyridine rings is 2. The number of nitrogens with one attached hydrogen (secondary N) is 2. The molecule has 3 aromatic heterocycles. The van der Waals surface area contributed by atoms with Crippen molar-refractivity contribution in [2.75, 3.05) is 10.6 Å². The Morgan fingerprint density at radius 2 is 1.81 bits per heavy atom. The molecule has 0 bridgehead atoms. The van der Waals surface area contributed by atoms with E-state index >= 15 is 0 Å². The van der Waals surface area contributed by atoms with Gasteiger partial charge in [-0.2, -0.15) is 5.26 Å². The molecular formula is C19H19N7. The molecule has 7 heteroatoms. The Labute approximate surface area is 152 Å². The predicted molar refractivity (Wildman–Crippen MR) is 101 cm³/mol. The van der Waals surface area contributed by atoms with Gasteiger partial charge in [0.25, 0.3) is 0 Å². The second-order valence-electron chi connectivity index (χ2n) is 6.09. The summed E-state index contributed by atoms with van der Waals surface area (Å²) in [5.74, 6) is 2.32. The summed E-state index contributed by atoms with van der Waals surface area (Å²) >= 11 is 0. The monoisotopic (exact) mass is 345 g/mol. The first-order valence-corrected chi connectivity index (χ1v) is 8.26. The van der Waals surface area contributed by atoms with Gasteiger partial charge < -0.3 is 10.6 Å². The molecule has 0 unspecified atom stereocenters. The molecule has 7 nitrogen and oxygen atoms in total. The number of aryl methyl sites for hydroxylation is 1. The van der Waals surface area contributed by atoms with E-state index < -0.39 is 0 Å². The maximum Gasteiger partial charge on any atom is 0.182 e. The Bertz CT molecular complexity index is 960. The first-order valence-electron chi connectivity index (χ1n) is 8.26. The fraction of sp³-hybridized carbons (Fsp3) is 0.211. The quantitative estimate of drug-likeness (QED) is 0.727. The van der Waals surface area contributed by atoms with Crippen LogP contribution in [-0.2, 0) is 0 Å². The van der Waals surface area contributed by atoms with Crippen LogP contribution in [0.25, 0.3) is 11.5 Å². The lowest BCUT2D eigenvalue weighted by Crippen LogP contribution is -2.12. The predicted octanol–water partition coefficient (Wildman–Crippen LogP) is 3.68. The Kier molecular flexibility index (Phi) is 5.04. The van der Waals surface area contributed by atoms with Gasteiger partial charge in [-0.1, -0.05) is 6.07 Å². The zero-order valence-electron chi connectivity index (χ0n) is 14.9. The molecule has 0 aromatic carbocycles. The van der Waals surface area contributed by atoms with E-state index in [1.54, 1.807) is 24.4 Å². The van der Waals surface area contributed by atoms with E-state index in [1.165, 1.54) is 0 Å². The number of anilines is 3. The zero-order chi connectivity index (χ0) is 18.5. The largest absolute Gasteiger partial charge is 0.368 e. The number of rotatable bonds is 5. The smallest absolute Gasteiger partial charge is 0.182 e. The molecule has 0 aliphatic heterocycles. The minimum absolute atomic E-state index is 0.219. The number of nitriles is 1. The highest BCUT2D eigenvalue weighted by atomic mass is 15.1. The van der Waals surface area contributed by atoms with Gasteiger partial charge in [0.2, 0.25) is 0 Å². The molecule has 0 fully saturated rings. The van der Waals surface area contributed by atoms with Gasteiger partial charge in [0, 0.05) is 24.0 Å². The molecule has 3 heterocycles. The van der Waals surface area contributed by atoms with Crippen LogP contribution in [0, 0.1) is 18.3 Å². The molecule has 0 amide bonds. The topological polar surface area (TPSA) is 99.4 Å². The molecule has 0 radical (unpaired) electrons. The number of hydrogen-bond acceptors (Lipinski definition) is 7. The molecule has 0 saturated carbocycles. The summed E-state index contributed by atoms with van der Waals surface area (Å²) in [6.45, 7) is 6.01. The van der Waals surface area contributed by atoms with Crippen molar-refractivity contribution in [1.29, 1.82) is 5.26 Å². The second kappa shape index (κ2) is 7.57. The van der Waals surface area contributed by atoms with Crippen LogP contribution >= 0.6 is 0 Å². The highest BCUT2D eigenvalue weighted by Crippen LogP contribution is 2.22. The number of aromatic nitrogens is 4. The normalized spacial score (nSPS) is 10.4. The summed E-state index contributed by atoms with van der Waals surface area (Å²) in [6.07, 6.45) is 1.58. The second-order valence-corrected chi connectivity index (χ2v) is 6.09. The molecule has 0 aliphatic carbocycles. The molecule has 0 saturated heterocycles. The van der Waals surface area contributed by atoms with Crippen molar-refractivity contribution in [3.63, 3.8) is 0 Å². The maximum atomic E-state index is 9.04. The standard InChI is InChI=1S/C19H19N7/c1-12(2)22-17-10-18(24-16-9-14(11-20)7-8-21-16)26-19(25-17)15-6-4-5-13(3)23-15/h4-10,12H,1-3H3,(H2,21,22,24,25,26). The van der Waals surface area contributed by atoms with Gasteiger partial charge in [0.05, 0.1) is 11.6 Å². The van der Waals surface area contributed by atoms with Crippen molar-refractivity contribution in [1.82, 2.24) is 19.9 Å². The van der Waals surface area contributed by atoms with Crippen LogP contribution in [0.5, 0.6) is 0 Å². The van der Waals surface area contributed by atoms with E-state index in [2.05, 4.69) is 36.6 Å². The molecule has 0 aliphatic rings. The Balaban J connectivity index is 2.00. The third kappa shape index (κ3) is 4.30. The van der Waals surface area contributed by atoms with Crippen LogP contribution in [0.15, 0.2) is 42.6 Å². The minimum Gasteiger partial charge on any atom is -0.368 e. The summed E-state index contributed by atoms with van der Waals surface area (Å²) in [6, 6.07) is 13.2. The van der Waals surface area contributed by atoms with Crippen LogP contribution in [0.3, 0.4) is 0 Å². The van der Waals surface area contributed by atoms with Crippen molar-refractivity contribution in [2.45, 2.75) is 26.8 Å². The van der Waals surface area contributed by atoms with Crippen LogP contribution in [0.4, 0.5) is 17.5 Å². The summed E-state index contributed by atoms with van der Waals surface area (Å²) in [5, 5.41) is 15.5. The molecule has 2 N–H and O–H groups in total. The van der Waals surface area contributed by atoms with Crippen molar-refractivity contribution < 1.29 is 0 Å². The average molecular weight is 345 g/mol. The molecule has 3 aromatic rings. The van der Waals surface area contributed by atoms with Crippen LogP contribution in [-0.4, -0.2) is 26.0 Å². The Morgan fingerprint density at radius 3 is 2.54 bits per heavy atom. The van der Waals surface area contributed by atoms with Crippen LogP contribution in [0.1, 0.15) is 25.1 Å². The molecule has 0 spiro atoms.